The highest BCUT2D eigenvalue weighted by atomic mass is 14.9. The number of allylic oxidation sites excluding steroid dienone is 4. The smallest absolute Gasteiger partial charge is 0.212 e. The van der Waals surface area contributed by atoms with Crippen LogP contribution in [-0.2, 0) is 7.05 Å². The van der Waals surface area contributed by atoms with E-state index in [-0.39, 0.29) is 0 Å². The fraction of sp³-hybridized carbons (Fsp3) is 0.167. The fourth-order valence-corrected chi connectivity index (χ4v) is 2.82. The van der Waals surface area contributed by atoms with Gasteiger partial charge in [-0.05, 0) is 43.2 Å². The summed E-state index contributed by atoms with van der Waals surface area (Å²) in [5.74, 6) is 0. The van der Waals surface area contributed by atoms with Crippen molar-refractivity contribution in [2.24, 2.45) is 12.0 Å². The van der Waals surface area contributed by atoms with Crippen molar-refractivity contribution >= 4 is 11.3 Å². The molecular formula is C24H27N2+. The first-order valence-electron chi connectivity index (χ1n) is 8.77. The maximum absolute atomic E-state index is 4.85. The van der Waals surface area contributed by atoms with Crippen LogP contribution in [0.3, 0.4) is 0 Å². The zero-order valence-corrected chi connectivity index (χ0v) is 15.9. The predicted octanol–water partition coefficient (Wildman–Crippen LogP) is 5.01. The van der Waals surface area contributed by atoms with E-state index in [9.17, 15) is 0 Å². The van der Waals surface area contributed by atoms with Crippen LogP contribution >= 0.6 is 0 Å². The van der Waals surface area contributed by atoms with Gasteiger partial charge in [-0.15, -0.1) is 0 Å². The standard InChI is InChI=1S/C24H27N2/c1-6-12-22(24-16-10-11-17-26(24)5)20(4)18-25-23(13-7-2)21-15-9-8-14-19(21)3/h6-17H,1,4,18H2,2-3,5H3/q+1. The summed E-state index contributed by atoms with van der Waals surface area (Å²) in [5.41, 5.74) is 6.45. The molecule has 1 heterocycles. The zero-order valence-electron chi connectivity index (χ0n) is 15.9. The highest BCUT2D eigenvalue weighted by Gasteiger charge is 2.14. The van der Waals surface area contributed by atoms with Crippen LogP contribution in [0.25, 0.3) is 5.57 Å². The van der Waals surface area contributed by atoms with Crippen LogP contribution < -0.4 is 4.57 Å². The average molecular weight is 343 g/mol. The van der Waals surface area contributed by atoms with Gasteiger partial charge >= 0.3 is 0 Å². The van der Waals surface area contributed by atoms with E-state index >= 15 is 0 Å². The van der Waals surface area contributed by atoms with E-state index in [4.69, 9.17) is 4.99 Å². The third-order valence-electron chi connectivity index (χ3n) is 4.18. The van der Waals surface area contributed by atoms with Gasteiger partial charge in [-0.2, -0.15) is 0 Å². The molecule has 1 aromatic heterocycles. The minimum absolute atomic E-state index is 0.530. The Morgan fingerprint density at radius 3 is 2.54 bits per heavy atom. The molecule has 26 heavy (non-hydrogen) atoms. The van der Waals surface area contributed by atoms with E-state index in [0.29, 0.717) is 6.54 Å². The molecule has 0 amide bonds. The molecule has 0 aliphatic rings. The number of benzene rings is 1. The number of aliphatic imine (C=N–C) groups is 1. The third-order valence-corrected chi connectivity index (χ3v) is 4.18. The van der Waals surface area contributed by atoms with Crippen molar-refractivity contribution in [3.05, 3.63) is 109 Å². The molecule has 132 valence electrons. The minimum atomic E-state index is 0.530. The lowest BCUT2D eigenvalue weighted by molar-refractivity contribution is -0.673. The monoisotopic (exact) mass is 343 g/mol. The molecule has 0 aliphatic heterocycles. The van der Waals surface area contributed by atoms with Crippen LogP contribution in [-0.4, -0.2) is 12.3 Å². The first-order valence-corrected chi connectivity index (χ1v) is 8.77. The molecule has 0 N–H and O–H groups in total. The number of aryl methyl sites for hydroxylation is 2. The molecule has 0 radical (unpaired) electrons. The quantitative estimate of drug-likeness (QED) is 0.382. The number of nitrogens with zero attached hydrogens (tertiary/aromatic N) is 2. The minimum Gasteiger partial charge on any atom is -0.280 e. The summed E-state index contributed by atoms with van der Waals surface area (Å²) >= 11 is 0. The summed E-state index contributed by atoms with van der Waals surface area (Å²) in [5, 5.41) is 0. The molecule has 1 aromatic carbocycles. The number of hydrogen-bond donors (Lipinski definition) is 0. The van der Waals surface area contributed by atoms with Gasteiger partial charge in [0.25, 0.3) is 0 Å². The van der Waals surface area contributed by atoms with Crippen LogP contribution in [0.1, 0.15) is 23.7 Å². The number of aromatic nitrogens is 1. The van der Waals surface area contributed by atoms with Crippen molar-refractivity contribution in [2.45, 2.75) is 13.8 Å². The van der Waals surface area contributed by atoms with Gasteiger partial charge in [-0.3, -0.25) is 4.99 Å². The van der Waals surface area contributed by atoms with Crippen LogP contribution in [0.2, 0.25) is 0 Å². The summed E-state index contributed by atoms with van der Waals surface area (Å²) in [6, 6.07) is 14.4. The fourth-order valence-electron chi connectivity index (χ4n) is 2.82. The first-order chi connectivity index (χ1) is 12.6. The normalized spacial score (nSPS) is 12.4. The second kappa shape index (κ2) is 9.47. The molecule has 0 saturated carbocycles. The predicted molar refractivity (Wildman–Crippen MR) is 112 cm³/mol. The van der Waals surface area contributed by atoms with Crippen molar-refractivity contribution in [1.29, 1.82) is 0 Å². The molecule has 2 nitrogen and oxygen atoms in total. The van der Waals surface area contributed by atoms with Gasteiger partial charge in [0.2, 0.25) is 5.69 Å². The van der Waals surface area contributed by atoms with Crippen LogP contribution in [0.4, 0.5) is 0 Å². The van der Waals surface area contributed by atoms with E-state index in [1.807, 2.05) is 56.6 Å². The molecule has 2 heteroatoms. The second-order valence-corrected chi connectivity index (χ2v) is 6.13. The summed E-state index contributed by atoms with van der Waals surface area (Å²) in [7, 11) is 2.03. The maximum atomic E-state index is 4.85. The highest BCUT2D eigenvalue weighted by Crippen LogP contribution is 2.20. The molecule has 0 saturated heterocycles. The van der Waals surface area contributed by atoms with Gasteiger partial charge in [-0.1, -0.05) is 49.6 Å². The molecule has 2 aromatic rings. The Morgan fingerprint density at radius 1 is 1.15 bits per heavy atom. The molecule has 0 spiro atoms. The van der Waals surface area contributed by atoms with Crippen LogP contribution in [0.5, 0.6) is 0 Å². The van der Waals surface area contributed by atoms with E-state index in [2.05, 4.69) is 48.9 Å². The maximum Gasteiger partial charge on any atom is 0.212 e. The lowest BCUT2D eigenvalue weighted by Crippen LogP contribution is -2.32. The second-order valence-electron chi connectivity index (χ2n) is 6.13. The van der Waals surface area contributed by atoms with Gasteiger partial charge in [0.05, 0.1) is 17.8 Å². The van der Waals surface area contributed by atoms with Gasteiger partial charge < -0.3 is 0 Å². The Hall–Kier alpha value is -3.00. The van der Waals surface area contributed by atoms with Gasteiger partial charge in [-0.25, -0.2) is 4.57 Å². The number of pyridine rings is 1. The van der Waals surface area contributed by atoms with Crippen molar-refractivity contribution in [1.82, 2.24) is 0 Å². The molecule has 0 fully saturated rings. The van der Waals surface area contributed by atoms with E-state index < -0.39 is 0 Å². The van der Waals surface area contributed by atoms with E-state index in [1.165, 1.54) is 5.56 Å². The molecule has 0 aliphatic carbocycles. The number of rotatable bonds is 7. The van der Waals surface area contributed by atoms with Crippen LogP contribution in [0, 0.1) is 6.92 Å². The van der Waals surface area contributed by atoms with E-state index in [0.717, 1.165) is 28.1 Å². The van der Waals surface area contributed by atoms with Crippen molar-refractivity contribution < 1.29 is 4.57 Å². The van der Waals surface area contributed by atoms with E-state index in [1.54, 1.807) is 6.08 Å². The van der Waals surface area contributed by atoms with Crippen molar-refractivity contribution in [2.75, 3.05) is 6.54 Å². The Kier molecular flexibility index (Phi) is 7.04. The molecule has 0 bridgehead atoms. The SMILES string of the molecule is C=CC=C(C(=C)CN=C(C=CC)c1ccccc1C)c1cccc[n+]1C. The van der Waals surface area contributed by atoms with Crippen LogP contribution in [0.15, 0.2) is 96.7 Å². The topological polar surface area (TPSA) is 16.2 Å². The van der Waals surface area contributed by atoms with Gasteiger partial charge in [0.1, 0.15) is 7.05 Å². The Balaban J connectivity index is 2.35. The van der Waals surface area contributed by atoms with Crippen molar-refractivity contribution in [3.63, 3.8) is 0 Å². The lowest BCUT2D eigenvalue weighted by atomic mass is 10.0. The van der Waals surface area contributed by atoms with Gasteiger partial charge in [0, 0.05) is 17.7 Å². The van der Waals surface area contributed by atoms with Gasteiger partial charge in [0.15, 0.2) is 6.20 Å². The highest BCUT2D eigenvalue weighted by molar-refractivity contribution is 6.09. The molecule has 0 atom stereocenters. The first kappa shape index (κ1) is 19.3. The average Bonchev–Trinajstić information content (AvgIpc) is 2.64. The molecule has 2 rings (SSSR count). The summed E-state index contributed by atoms with van der Waals surface area (Å²) in [4.78, 5) is 4.85. The molecule has 0 unspecified atom stereocenters. The Bertz CT molecular complexity index is 883. The third kappa shape index (κ3) is 4.76. The zero-order chi connectivity index (χ0) is 18.9. The summed E-state index contributed by atoms with van der Waals surface area (Å²) in [6.45, 7) is 12.8. The lowest BCUT2D eigenvalue weighted by Gasteiger charge is -2.09. The molecular weight excluding hydrogens is 316 g/mol. The Morgan fingerprint density at radius 2 is 1.88 bits per heavy atom. The summed E-state index contributed by atoms with van der Waals surface area (Å²) < 4.78 is 2.08. The Labute approximate surface area is 157 Å². The number of hydrogen-bond acceptors (Lipinski definition) is 1. The largest absolute Gasteiger partial charge is 0.280 e. The summed E-state index contributed by atoms with van der Waals surface area (Å²) in [6.07, 6.45) is 9.89. The van der Waals surface area contributed by atoms with Crippen molar-refractivity contribution in [3.8, 4) is 0 Å².